The molecule has 1 fully saturated rings. The average Bonchev–Trinajstić information content (AvgIpc) is 2.46. The zero-order valence-corrected chi connectivity index (χ0v) is 11.8. The molecule has 0 aromatic heterocycles. The van der Waals surface area contributed by atoms with E-state index in [9.17, 15) is 13.2 Å². The number of alkyl halides is 3. The standard InChI is InChI=1S/C15H17F3N2O/c1-20(10-13-4-2-3-7-21-13)12-6-5-11(9-19)14(8-12)15(16,17)18/h5-6,8,13H,2-4,7,10H2,1H3. The summed E-state index contributed by atoms with van der Waals surface area (Å²) in [6.45, 7) is 1.25. The fraction of sp³-hybridized carbons (Fsp3) is 0.533. The van der Waals surface area contributed by atoms with Crippen LogP contribution in [0.15, 0.2) is 18.2 Å². The summed E-state index contributed by atoms with van der Waals surface area (Å²) in [6.07, 6.45) is -1.43. The lowest BCUT2D eigenvalue weighted by molar-refractivity contribution is -0.137. The van der Waals surface area contributed by atoms with Gasteiger partial charge in [-0.1, -0.05) is 0 Å². The van der Waals surface area contributed by atoms with Crippen LogP contribution < -0.4 is 4.90 Å². The van der Waals surface area contributed by atoms with Crippen LogP contribution in [0.25, 0.3) is 0 Å². The highest BCUT2D eigenvalue weighted by molar-refractivity contribution is 5.54. The van der Waals surface area contributed by atoms with Gasteiger partial charge >= 0.3 is 6.18 Å². The van der Waals surface area contributed by atoms with Crippen LogP contribution in [0.5, 0.6) is 0 Å². The first-order valence-corrected chi connectivity index (χ1v) is 6.86. The zero-order valence-electron chi connectivity index (χ0n) is 11.8. The molecule has 114 valence electrons. The van der Waals surface area contributed by atoms with E-state index in [1.54, 1.807) is 18.0 Å². The average molecular weight is 298 g/mol. The summed E-state index contributed by atoms with van der Waals surface area (Å²) in [5.41, 5.74) is -0.803. The maximum atomic E-state index is 12.9. The molecular formula is C15H17F3N2O. The Morgan fingerprint density at radius 1 is 1.38 bits per heavy atom. The van der Waals surface area contributed by atoms with Crippen molar-refractivity contribution in [3.05, 3.63) is 29.3 Å². The van der Waals surface area contributed by atoms with Crippen molar-refractivity contribution in [3.63, 3.8) is 0 Å². The van der Waals surface area contributed by atoms with Gasteiger partial charge < -0.3 is 9.64 Å². The zero-order chi connectivity index (χ0) is 15.5. The lowest BCUT2D eigenvalue weighted by Gasteiger charge is -2.29. The van der Waals surface area contributed by atoms with E-state index in [4.69, 9.17) is 10.00 Å². The largest absolute Gasteiger partial charge is 0.417 e. The molecule has 1 aliphatic heterocycles. The lowest BCUT2D eigenvalue weighted by Crippen LogP contribution is -2.33. The molecule has 1 aromatic rings. The van der Waals surface area contributed by atoms with Gasteiger partial charge in [0, 0.05) is 25.9 Å². The van der Waals surface area contributed by atoms with Crippen LogP contribution in [-0.2, 0) is 10.9 Å². The van der Waals surface area contributed by atoms with E-state index in [1.807, 2.05) is 0 Å². The van der Waals surface area contributed by atoms with Gasteiger partial charge in [-0.15, -0.1) is 0 Å². The number of anilines is 1. The second-order valence-corrected chi connectivity index (χ2v) is 5.21. The van der Waals surface area contributed by atoms with Gasteiger partial charge in [0.25, 0.3) is 0 Å². The Morgan fingerprint density at radius 2 is 2.14 bits per heavy atom. The van der Waals surface area contributed by atoms with Crippen molar-refractivity contribution in [1.29, 1.82) is 5.26 Å². The molecule has 1 aromatic carbocycles. The van der Waals surface area contributed by atoms with Crippen molar-refractivity contribution in [1.82, 2.24) is 0 Å². The molecular weight excluding hydrogens is 281 g/mol. The summed E-state index contributed by atoms with van der Waals surface area (Å²) >= 11 is 0. The number of benzene rings is 1. The molecule has 21 heavy (non-hydrogen) atoms. The summed E-state index contributed by atoms with van der Waals surface area (Å²) in [6, 6.07) is 5.37. The van der Waals surface area contributed by atoms with Gasteiger partial charge in [0.2, 0.25) is 0 Å². The van der Waals surface area contributed by atoms with Crippen LogP contribution in [0, 0.1) is 11.3 Å². The monoisotopic (exact) mass is 298 g/mol. The molecule has 1 atom stereocenters. The third-order valence-electron chi connectivity index (χ3n) is 3.62. The van der Waals surface area contributed by atoms with Crippen LogP contribution in [0.1, 0.15) is 30.4 Å². The molecule has 1 saturated heterocycles. The fourth-order valence-corrected chi connectivity index (χ4v) is 2.46. The van der Waals surface area contributed by atoms with Crippen LogP contribution in [0.4, 0.5) is 18.9 Å². The first-order chi connectivity index (χ1) is 9.91. The summed E-state index contributed by atoms with van der Waals surface area (Å²) in [7, 11) is 1.74. The molecule has 0 N–H and O–H groups in total. The van der Waals surface area contributed by atoms with Crippen molar-refractivity contribution in [2.24, 2.45) is 0 Å². The molecule has 1 heterocycles. The molecule has 1 unspecified atom stereocenters. The first-order valence-electron chi connectivity index (χ1n) is 6.86. The third-order valence-corrected chi connectivity index (χ3v) is 3.62. The van der Waals surface area contributed by atoms with E-state index in [2.05, 4.69) is 0 Å². The molecule has 1 aliphatic rings. The molecule has 0 spiro atoms. The molecule has 0 bridgehead atoms. The Hall–Kier alpha value is -1.74. The van der Waals surface area contributed by atoms with E-state index in [-0.39, 0.29) is 11.7 Å². The minimum atomic E-state index is -4.52. The molecule has 2 rings (SSSR count). The molecule has 0 radical (unpaired) electrons. The van der Waals surface area contributed by atoms with Crippen LogP contribution in [-0.4, -0.2) is 26.3 Å². The second kappa shape index (κ2) is 6.35. The van der Waals surface area contributed by atoms with Crippen molar-refractivity contribution in [2.45, 2.75) is 31.5 Å². The number of ether oxygens (including phenoxy) is 1. The molecule has 0 saturated carbocycles. The molecule has 0 aliphatic carbocycles. The Bertz CT molecular complexity index is 531. The van der Waals surface area contributed by atoms with Gasteiger partial charge in [-0.2, -0.15) is 18.4 Å². The van der Waals surface area contributed by atoms with Gasteiger partial charge in [-0.3, -0.25) is 0 Å². The number of nitriles is 1. The van der Waals surface area contributed by atoms with Crippen molar-refractivity contribution < 1.29 is 17.9 Å². The van der Waals surface area contributed by atoms with Gasteiger partial charge in [0.15, 0.2) is 0 Å². The minimum Gasteiger partial charge on any atom is -0.376 e. The summed E-state index contributed by atoms with van der Waals surface area (Å²) in [5, 5.41) is 8.79. The summed E-state index contributed by atoms with van der Waals surface area (Å²) in [5.74, 6) is 0. The van der Waals surface area contributed by atoms with Crippen LogP contribution in [0.3, 0.4) is 0 Å². The second-order valence-electron chi connectivity index (χ2n) is 5.21. The Labute approximate surface area is 121 Å². The summed E-state index contributed by atoms with van der Waals surface area (Å²) < 4.78 is 44.4. The van der Waals surface area contributed by atoms with Gasteiger partial charge in [0.05, 0.1) is 23.3 Å². The van der Waals surface area contributed by atoms with E-state index in [0.29, 0.717) is 18.8 Å². The Balaban J connectivity index is 2.17. The highest BCUT2D eigenvalue weighted by Crippen LogP contribution is 2.34. The van der Waals surface area contributed by atoms with Crippen LogP contribution in [0.2, 0.25) is 0 Å². The number of hydrogen-bond acceptors (Lipinski definition) is 3. The van der Waals surface area contributed by atoms with Gasteiger partial charge in [-0.05, 0) is 37.5 Å². The maximum Gasteiger partial charge on any atom is 0.417 e. The predicted molar refractivity (Wildman–Crippen MR) is 73.0 cm³/mol. The third kappa shape index (κ3) is 3.88. The molecule has 6 heteroatoms. The number of nitrogens with zero attached hydrogens (tertiary/aromatic N) is 2. The lowest BCUT2D eigenvalue weighted by atomic mass is 10.1. The van der Waals surface area contributed by atoms with Gasteiger partial charge in [0.1, 0.15) is 0 Å². The fourth-order valence-electron chi connectivity index (χ4n) is 2.46. The van der Waals surface area contributed by atoms with Crippen molar-refractivity contribution >= 4 is 5.69 Å². The van der Waals surface area contributed by atoms with Crippen molar-refractivity contribution in [3.8, 4) is 6.07 Å². The van der Waals surface area contributed by atoms with Crippen molar-refractivity contribution in [2.75, 3.05) is 25.1 Å². The van der Waals surface area contributed by atoms with E-state index < -0.39 is 11.7 Å². The maximum absolute atomic E-state index is 12.9. The minimum absolute atomic E-state index is 0.0498. The topological polar surface area (TPSA) is 36.3 Å². The number of halogens is 3. The SMILES string of the molecule is CN(CC1CCCCO1)c1ccc(C#N)c(C(F)(F)F)c1. The Morgan fingerprint density at radius 3 is 2.71 bits per heavy atom. The number of hydrogen-bond donors (Lipinski definition) is 0. The van der Waals surface area contributed by atoms with E-state index in [0.717, 1.165) is 25.3 Å². The Kier molecular flexibility index (Phi) is 4.73. The quantitative estimate of drug-likeness (QED) is 0.855. The highest BCUT2D eigenvalue weighted by Gasteiger charge is 2.34. The normalized spacial score (nSPS) is 19.1. The van der Waals surface area contributed by atoms with Crippen LogP contribution >= 0.6 is 0 Å². The highest BCUT2D eigenvalue weighted by atomic mass is 19.4. The summed E-state index contributed by atoms with van der Waals surface area (Å²) in [4.78, 5) is 1.74. The molecule has 3 nitrogen and oxygen atoms in total. The number of rotatable bonds is 3. The van der Waals surface area contributed by atoms with E-state index in [1.165, 1.54) is 12.1 Å². The van der Waals surface area contributed by atoms with E-state index >= 15 is 0 Å². The first kappa shape index (κ1) is 15.6. The smallest absolute Gasteiger partial charge is 0.376 e. The number of likely N-dealkylation sites (N-methyl/N-ethyl adjacent to an activating group) is 1. The predicted octanol–water partition coefficient (Wildman–Crippen LogP) is 3.58. The van der Waals surface area contributed by atoms with Gasteiger partial charge in [-0.25, -0.2) is 0 Å². The molecule has 0 amide bonds.